The van der Waals surface area contributed by atoms with Crippen LogP contribution in [-0.4, -0.2) is 5.91 Å². The van der Waals surface area contributed by atoms with Gasteiger partial charge in [0, 0.05) is 11.5 Å². The highest BCUT2D eigenvalue weighted by Crippen LogP contribution is 2.44. The molecule has 1 atom stereocenters. The molecule has 0 spiro atoms. The molecule has 1 fully saturated rings. The van der Waals surface area contributed by atoms with Crippen LogP contribution in [0.1, 0.15) is 30.9 Å². The summed E-state index contributed by atoms with van der Waals surface area (Å²) in [5.41, 5.74) is 13.7. The van der Waals surface area contributed by atoms with Gasteiger partial charge in [0.25, 0.3) is 0 Å². The number of hydrogen-bond donors (Lipinski definition) is 2. The third-order valence-electron chi connectivity index (χ3n) is 3.35. The highest BCUT2D eigenvalue weighted by atomic mass is 16.1. The Kier molecular flexibility index (Phi) is 2.72. The average Bonchev–Trinajstić information content (AvgIpc) is 2.98. The summed E-state index contributed by atoms with van der Waals surface area (Å²) in [4.78, 5) is 11.1. The number of primary amides is 1. The van der Waals surface area contributed by atoms with Crippen LogP contribution in [0, 0.1) is 5.92 Å². The van der Waals surface area contributed by atoms with Gasteiger partial charge in [-0.25, -0.2) is 0 Å². The molecule has 3 nitrogen and oxygen atoms in total. The standard InChI is InChI=1S/C13H18N2O/c1-9(12(14)16)8-10-4-2-3-5-11(10)13(15)6-7-13/h2-5,9H,6-8,15H2,1H3,(H2,14,16). The maximum absolute atomic E-state index is 11.1. The van der Waals surface area contributed by atoms with E-state index in [4.69, 9.17) is 11.5 Å². The van der Waals surface area contributed by atoms with Crippen molar-refractivity contribution in [2.75, 3.05) is 0 Å². The number of rotatable bonds is 4. The van der Waals surface area contributed by atoms with Gasteiger partial charge < -0.3 is 11.5 Å². The molecule has 0 heterocycles. The van der Waals surface area contributed by atoms with Crippen LogP contribution in [0.5, 0.6) is 0 Å². The lowest BCUT2D eigenvalue weighted by molar-refractivity contribution is -0.121. The highest BCUT2D eigenvalue weighted by Gasteiger charge is 2.41. The zero-order chi connectivity index (χ0) is 11.8. The molecule has 0 radical (unpaired) electrons. The smallest absolute Gasteiger partial charge is 0.220 e. The van der Waals surface area contributed by atoms with Crippen LogP contribution < -0.4 is 11.5 Å². The van der Waals surface area contributed by atoms with Crippen LogP contribution in [0.3, 0.4) is 0 Å². The summed E-state index contributed by atoms with van der Waals surface area (Å²) in [6.45, 7) is 1.86. The van der Waals surface area contributed by atoms with Crippen molar-refractivity contribution in [2.24, 2.45) is 17.4 Å². The van der Waals surface area contributed by atoms with E-state index in [1.807, 2.05) is 25.1 Å². The zero-order valence-electron chi connectivity index (χ0n) is 9.57. The quantitative estimate of drug-likeness (QED) is 0.799. The third-order valence-corrected chi connectivity index (χ3v) is 3.35. The maximum Gasteiger partial charge on any atom is 0.220 e. The lowest BCUT2D eigenvalue weighted by Gasteiger charge is -2.16. The van der Waals surface area contributed by atoms with E-state index in [0.29, 0.717) is 6.42 Å². The Balaban J connectivity index is 2.23. The molecule has 1 aliphatic carbocycles. The molecule has 1 amide bonds. The van der Waals surface area contributed by atoms with Crippen LogP contribution in [-0.2, 0) is 16.8 Å². The third kappa shape index (κ3) is 2.09. The van der Waals surface area contributed by atoms with Crippen molar-refractivity contribution in [2.45, 2.75) is 31.7 Å². The molecule has 1 saturated carbocycles. The number of carbonyl (C=O) groups is 1. The lowest BCUT2D eigenvalue weighted by Crippen LogP contribution is -2.25. The van der Waals surface area contributed by atoms with Crippen molar-refractivity contribution < 1.29 is 4.79 Å². The number of amides is 1. The van der Waals surface area contributed by atoms with Crippen LogP contribution in [0.15, 0.2) is 24.3 Å². The van der Waals surface area contributed by atoms with E-state index in [1.54, 1.807) is 0 Å². The maximum atomic E-state index is 11.1. The molecule has 0 aromatic heterocycles. The Labute approximate surface area is 95.8 Å². The monoisotopic (exact) mass is 218 g/mol. The van der Waals surface area contributed by atoms with Gasteiger partial charge in [0.15, 0.2) is 0 Å². The highest BCUT2D eigenvalue weighted by molar-refractivity contribution is 5.76. The van der Waals surface area contributed by atoms with Gasteiger partial charge in [0.1, 0.15) is 0 Å². The van der Waals surface area contributed by atoms with Crippen molar-refractivity contribution in [1.29, 1.82) is 0 Å². The van der Waals surface area contributed by atoms with E-state index in [-0.39, 0.29) is 17.4 Å². The van der Waals surface area contributed by atoms with E-state index in [1.165, 1.54) is 5.56 Å². The molecule has 0 saturated heterocycles. The minimum absolute atomic E-state index is 0.136. The number of benzene rings is 1. The fourth-order valence-electron chi connectivity index (χ4n) is 2.02. The summed E-state index contributed by atoms with van der Waals surface area (Å²) < 4.78 is 0. The molecular formula is C13H18N2O. The first-order valence-corrected chi connectivity index (χ1v) is 5.69. The van der Waals surface area contributed by atoms with E-state index >= 15 is 0 Å². The number of hydrogen-bond acceptors (Lipinski definition) is 2. The van der Waals surface area contributed by atoms with Gasteiger partial charge in [-0.1, -0.05) is 31.2 Å². The first-order valence-electron chi connectivity index (χ1n) is 5.69. The topological polar surface area (TPSA) is 69.1 Å². The minimum Gasteiger partial charge on any atom is -0.369 e. The van der Waals surface area contributed by atoms with Gasteiger partial charge in [-0.05, 0) is 30.4 Å². The van der Waals surface area contributed by atoms with Gasteiger partial charge >= 0.3 is 0 Å². The van der Waals surface area contributed by atoms with Crippen molar-refractivity contribution in [3.63, 3.8) is 0 Å². The molecule has 1 aromatic rings. The van der Waals surface area contributed by atoms with Gasteiger partial charge in [-0.3, -0.25) is 4.79 Å². The van der Waals surface area contributed by atoms with Crippen LogP contribution in [0.2, 0.25) is 0 Å². The second-order valence-electron chi connectivity index (χ2n) is 4.82. The zero-order valence-corrected chi connectivity index (χ0v) is 9.57. The molecule has 16 heavy (non-hydrogen) atoms. The van der Waals surface area contributed by atoms with E-state index in [0.717, 1.165) is 18.4 Å². The predicted molar refractivity (Wildman–Crippen MR) is 63.6 cm³/mol. The molecule has 3 heteroatoms. The van der Waals surface area contributed by atoms with Crippen molar-refractivity contribution >= 4 is 5.91 Å². The fraction of sp³-hybridized carbons (Fsp3) is 0.462. The average molecular weight is 218 g/mol. The van der Waals surface area contributed by atoms with Gasteiger partial charge in [0.05, 0.1) is 0 Å². The number of carbonyl (C=O) groups excluding carboxylic acids is 1. The van der Waals surface area contributed by atoms with Crippen molar-refractivity contribution in [1.82, 2.24) is 0 Å². The fourth-order valence-corrected chi connectivity index (χ4v) is 2.02. The molecule has 1 unspecified atom stereocenters. The van der Waals surface area contributed by atoms with Gasteiger partial charge in [-0.15, -0.1) is 0 Å². The molecule has 2 rings (SSSR count). The van der Waals surface area contributed by atoms with Crippen LogP contribution in [0.25, 0.3) is 0 Å². The molecule has 1 aromatic carbocycles. The van der Waals surface area contributed by atoms with Crippen molar-refractivity contribution in [3.05, 3.63) is 35.4 Å². The molecule has 4 N–H and O–H groups in total. The van der Waals surface area contributed by atoms with Gasteiger partial charge in [0.2, 0.25) is 5.91 Å². The first-order chi connectivity index (χ1) is 7.53. The SMILES string of the molecule is CC(Cc1ccccc1C1(N)CC1)C(N)=O. The van der Waals surface area contributed by atoms with Gasteiger partial charge in [-0.2, -0.15) is 0 Å². The summed E-state index contributed by atoms with van der Waals surface area (Å²) in [7, 11) is 0. The molecular weight excluding hydrogens is 200 g/mol. The lowest BCUT2D eigenvalue weighted by atomic mass is 9.92. The second-order valence-corrected chi connectivity index (χ2v) is 4.82. The van der Waals surface area contributed by atoms with Crippen molar-refractivity contribution in [3.8, 4) is 0 Å². The van der Waals surface area contributed by atoms with E-state index in [9.17, 15) is 4.79 Å². The van der Waals surface area contributed by atoms with Crippen LogP contribution >= 0.6 is 0 Å². The second kappa shape index (κ2) is 3.91. The largest absolute Gasteiger partial charge is 0.369 e. The van der Waals surface area contributed by atoms with E-state index < -0.39 is 0 Å². The molecule has 1 aliphatic rings. The van der Waals surface area contributed by atoms with E-state index in [2.05, 4.69) is 6.07 Å². The summed E-state index contributed by atoms with van der Waals surface area (Å²) in [5, 5.41) is 0. The molecule has 0 aliphatic heterocycles. The van der Waals surface area contributed by atoms with Crippen LogP contribution in [0.4, 0.5) is 0 Å². The molecule has 86 valence electrons. The Morgan fingerprint density at radius 2 is 2.06 bits per heavy atom. The molecule has 0 bridgehead atoms. The Hall–Kier alpha value is -1.35. The normalized spacial score (nSPS) is 19.1. The summed E-state index contributed by atoms with van der Waals surface area (Å²) >= 11 is 0. The Morgan fingerprint density at radius 3 is 2.62 bits per heavy atom. The first kappa shape index (κ1) is 11.1. The number of nitrogens with two attached hydrogens (primary N) is 2. The summed E-state index contributed by atoms with van der Waals surface area (Å²) in [5.74, 6) is -0.389. The summed E-state index contributed by atoms with van der Waals surface area (Å²) in [6, 6.07) is 8.09. The predicted octanol–water partition coefficient (Wildman–Crippen LogP) is 1.30. The summed E-state index contributed by atoms with van der Waals surface area (Å²) in [6.07, 6.45) is 2.76. The Morgan fingerprint density at radius 1 is 1.44 bits per heavy atom. The Bertz CT molecular complexity index is 410. The minimum atomic E-state index is -0.253.